The molecule has 0 saturated carbocycles. The normalized spacial score (nSPS) is 22.6. The van der Waals surface area contributed by atoms with Crippen molar-refractivity contribution < 1.29 is 4.79 Å². The predicted octanol–water partition coefficient (Wildman–Crippen LogP) is 3.23. The number of carbonyl (C=O) groups excluding carboxylic acids is 1. The monoisotopic (exact) mass is 337 g/mol. The number of aromatic nitrogens is 1. The summed E-state index contributed by atoms with van der Waals surface area (Å²) in [4.78, 5) is 17.4. The number of amides is 1. The number of benzene rings is 1. The van der Waals surface area contributed by atoms with E-state index in [1.807, 2.05) is 4.90 Å². The number of likely N-dealkylation sites (N-methyl/N-ethyl adjacent to an activating group) is 1. The molecule has 0 fully saturated rings. The van der Waals surface area contributed by atoms with Crippen LogP contribution in [-0.4, -0.2) is 52.5 Å². The van der Waals surface area contributed by atoms with Gasteiger partial charge in [-0.2, -0.15) is 0 Å². The van der Waals surface area contributed by atoms with E-state index in [0.717, 1.165) is 32.7 Å². The van der Waals surface area contributed by atoms with Crippen molar-refractivity contribution in [3.8, 4) is 0 Å². The van der Waals surface area contributed by atoms with Crippen LogP contribution in [0.3, 0.4) is 0 Å². The standard InChI is InChI=1S/C21H27N3O/c1-4-22(5-2)21(25)16-12-18-17-9-7-8-15-10-11-24(20(15)17)14-19(18)23(6-3)13-16/h7-12,16,19H,4-6,13-14H2,1-3H3/t16-,19?/m1/s1. The molecule has 2 aliphatic rings. The Bertz CT molecular complexity index is 831. The zero-order valence-corrected chi connectivity index (χ0v) is 15.4. The van der Waals surface area contributed by atoms with Crippen LogP contribution in [0, 0.1) is 5.92 Å². The van der Waals surface area contributed by atoms with Crippen molar-refractivity contribution in [3.63, 3.8) is 0 Å². The first-order chi connectivity index (χ1) is 12.2. The third-order valence-corrected chi connectivity index (χ3v) is 5.88. The van der Waals surface area contributed by atoms with E-state index in [4.69, 9.17) is 0 Å². The third-order valence-electron chi connectivity index (χ3n) is 5.88. The van der Waals surface area contributed by atoms with Crippen molar-refractivity contribution in [1.82, 2.24) is 14.4 Å². The van der Waals surface area contributed by atoms with E-state index in [2.05, 4.69) is 66.8 Å². The van der Waals surface area contributed by atoms with Crippen molar-refractivity contribution in [3.05, 3.63) is 42.1 Å². The van der Waals surface area contributed by atoms with Crippen LogP contribution in [0.1, 0.15) is 26.3 Å². The highest BCUT2D eigenvalue weighted by Gasteiger charge is 2.37. The van der Waals surface area contributed by atoms with E-state index in [1.165, 1.54) is 22.0 Å². The Hall–Kier alpha value is -2.07. The van der Waals surface area contributed by atoms with Gasteiger partial charge in [0.15, 0.2) is 0 Å². The lowest BCUT2D eigenvalue weighted by Crippen LogP contribution is -2.50. The van der Waals surface area contributed by atoms with E-state index >= 15 is 0 Å². The number of fused-ring (bicyclic) bond motifs is 2. The zero-order chi connectivity index (χ0) is 17.6. The van der Waals surface area contributed by atoms with Gasteiger partial charge in [-0.05, 0) is 32.0 Å². The molecule has 4 nitrogen and oxygen atoms in total. The predicted molar refractivity (Wildman–Crippen MR) is 102 cm³/mol. The average molecular weight is 337 g/mol. The molecule has 0 spiro atoms. The second kappa shape index (κ2) is 6.34. The van der Waals surface area contributed by atoms with Crippen LogP contribution in [0.2, 0.25) is 0 Å². The van der Waals surface area contributed by atoms with Crippen LogP contribution in [0.4, 0.5) is 0 Å². The maximum Gasteiger partial charge on any atom is 0.230 e. The lowest BCUT2D eigenvalue weighted by Gasteiger charge is -2.42. The summed E-state index contributed by atoms with van der Waals surface area (Å²) in [7, 11) is 0. The van der Waals surface area contributed by atoms with Gasteiger partial charge < -0.3 is 9.47 Å². The summed E-state index contributed by atoms with van der Waals surface area (Å²) in [5, 5.41) is 1.29. The molecule has 1 aromatic heterocycles. The molecule has 0 bridgehead atoms. The minimum absolute atomic E-state index is 0.0390. The first kappa shape index (κ1) is 16.4. The fraction of sp³-hybridized carbons (Fsp3) is 0.476. The van der Waals surface area contributed by atoms with Crippen LogP contribution in [0.15, 0.2) is 36.5 Å². The number of carbonyl (C=O) groups is 1. The van der Waals surface area contributed by atoms with Crippen molar-refractivity contribution in [2.75, 3.05) is 26.2 Å². The van der Waals surface area contributed by atoms with Gasteiger partial charge in [0.2, 0.25) is 5.91 Å². The summed E-state index contributed by atoms with van der Waals surface area (Å²) in [5.41, 5.74) is 3.96. The van der Waals surface area contributed by atoms with Gasteiger partial charge in [-0.25, -0.2) is 0 Å². The van der Waals surface area contributed by atoms with Crippen LogP contribution in [0.25, 0.3) is 16.5 Å². The Morgan fingerprint density at radius 1 is 1.16 bits per heavy atom. The van der Waals surface area contributed by atoms with Gasteiger partial charge in [-0.3, -0.25) is 9.69 Å². The smallest absolute Gasteiger partial charge is 0.230 e. The first-order valence-corrected chi connectivity index (χ1v) is 9.50. The van der Waals surface area contributed by atoms with E-state index in [9.17, 15) is 4.79 Å². The van der Waals surface area contributed by atoms with Crippen LogP contribution >= 0.6 is 0 Å². The minimum Gasteiger partial charge on any atom is -0.345 e. The SMILES string of the molecule is CCN(CC)C(=O)[C@@H]1C=C2c3cccc4ccn(c34)CC2N(CC)C1. The molecule has 4 heteroatoms. The molecule has 2 aromatic rings. The first-order valence-electron chi connectivity index (χ1n) is 9.50. The fourth-order valence-electron chi connectivity index (χ4n) is 4.54. The quantitative estimate of drug-likeness (QED) is 0.857. The Morgan fingerprint density at radius 3 is 2.68 bits per heavy atom. The molecule has 0 saturated heterocycles. The molecule has 4 rings (SSSR count). The van der Waals surface area contributed by atoms with E-state index in [-0.39, 0.29) is 11.8 Å². The molecule has 1 aromatic carbocycles. The second-order valence-corrected chi connectivity index (χ2v) is 7.05. The molecular weight excluding hydrogens is 310 g/mol. The number of rotatable bonds is 4. The Kier molecular flexibility index (Phi) is 4.16. The lowest BCUT2D eigenvalue weighted by molar-refractivity contribution is -0.134. The number of nitrogens with zero attached hydrogens (tertiary/aromatic N) is 3. The van der Waals surface area contributed by atoms with Crippen LogP contribution in [0.5, 0.6) is 0 Å². The highest BCUT2D eigenvalue weighted by atomic mass is 16.2. The van der Waals surface area contributed by atoms with E-state index in [1.54, 1.807) is 0 Å². The molecule has 2 aliphatic heterocycles. The topological polar surface area (TPSA) is 28.5 Å². The largest absolute Gasteiger partial charge is 0.345 e. The van der Waals surface area contributed by atoms with E-state index in [0.29, 0.717) is 6.04 Å². The summed E-state index contributed by atoms with van der Waals surface area (Å²) in [6.07, 6.45) is 4.47. The molecule has 0 N–H and O–H groups in total. The fourth-order valence-corrected chi connectivity index (χ4v) is 4.54. The molecular formula is C21H27N3O. The van der Waals surface area contributed by atoms with Crippen LogP contribution < -0.4 is 0 Å². The molecule has 1 amide bonds. The average Bonchev–Trinajstić information content (AvgIpc) is 3.06. The van der Waals surface area contributed by atoms with Gasteiger partial charge in [0, 0.05) is 43.3 Å². The molecule has 0 radical (unpaired) electrons. The Morgan fingerprint density at radius 2 is 1.96 bits per heavy atom. The number of hydrogen-bond acceptors (Lipinski definition) is 2. The highest BCUT2D eigenvalue weighted by Crippen LogP contribution is 2.39. The minimum atomic E-state index is -0.0390. The van der Waals surface area contributed by atoms with Crippen molar-refractivity contribution in [1.29, 1.82) is 0 Å². The molecule has 1 unspecified atom stereocenters. The summed E-state index contributed by atoms with van der Waals surface area (Å²) < 4.78 is 2.38. The highest BCUT2D eigenvalue weighted by molar-refractivity contribution is 5.96. The maximum absolute atomic E-state index is 13.0. The number of hydrogen-bond donors (Lipinski definition) is 0. The summed E-state index contributed by atoms with van der Waals surface area (Å²) in [6.45, 7) is 10.7. The van der Waals surface area contributed by atoms with Gasteiger partial charge in [0.25, 0.3) is 0 Å². The van der Waals surface area contributed by atoms with E-state index < -0.39 is 0 Å². The molecule has 0 aliphatic carbocycles. The summed E-state index contributed by atoms with van der Waals surface area (Å²) >= 11 is 0. The van der Waals surface area contributed by atoms with Gasteiger partial charge in [0.05, 0.1) is 17.5 Å². The zero-order valence-electron chi connectivity index (χ0n) is 15.4. The van der Waals surface area contributed by atoms with Crippen LogP contribution in [-0.2, 0) is 11.3 Å². The van der Waals surface area contributed by atoms with Gasteiger partial charge >= 0.3 is 0 Å². The van der Waals surface area contributed by atoms with Gasteiger partial charge in [-0.1, -0.05) is 31.2 Å². The summed E-state index contributed by atoms with van der Waals surface area (Å²) in [6, 6.07) is 9.10. The van der Waals surface area contributed by atoms with Crippen molar-refractivity contribution in [2.45, 2.75) is 33.4 Å². The van der Waals surface area contributed by atoms with Gasteiger partial charge in [-0.15, -0.1) is 0 Å². The molecule has 3 heterocycles. The summed E-state index contributed by atoms with van der Waals surface area (Å²) in [5.74, 6) is 0.227. The van der Waals surface area contributed by atoms with Crippen molar-refractivity contribution >= 4 is 22.4 Å². The second-order valence-electron chi connectivity index (χ2n) is 7.05. The maximum atomic E-state index is 13.0. The molecule has 25 heavy (non-hydrogen) atoms. The lowest BCUT2D eigenvalue weighted by atomic mass is 9.85. The molecule has 132 valence electrons. The van der Waals surface area contributed by atoms with Crippen molar-refractivity contribution in [2.24, 2.45) is 5.92 Å². The number of para-hydroxylation sites is 1. The van der Waals surface area contributed by atoms with Gasteiger partial charge in [0.1, 0.15) is 0 Å². The molecule has 2 atom stereocenters. The Balaban J connectivity index is 1.81. The Labute approximate surface area is 149 Å². The third kappa shape index (κ3) is 2.51.